The number of aromatic nitrogens is 1. The number of benzene rings is 2. The number of rotatable bonds is 4. The molecule has 2 aromatic carbocycles. The summed E-state index contributed by atoms with van der Waals surface area (Å²) < 4.78 is 0. The van der Waals surface area contributed by atoms with E-state index >= 15 is 0 Å². The number of hydrogen-bond donors (Lipinski definition) is 3. The van der Waals surface area contributed by atoms with Crippen LogP contribution >= 0.6 is 0 Å². The van der Waals surface area contributed by atoms with Gasteiger partial charge in [0, 0.05) is 5.39 Å². The van der Waals surface area contributed by atoms with Crippen LogP contribution in [0, 0.1) is 0 Å². The van der Waals surface area contributed by atoms with Gasteiger partial charge >= 0.3 is 5.97 Å². The van der Waals surface area contributed by atoms with E-state index in [1.807, 2.05) is 0 Å². The van der Waals surface area contributed by atoms with Crippen LogP contribution in [-0.4, -0.2) is 32.1 Å². The molecular weight excluding hydrogens is 322 g/mol. The van der Waals surface area contributed by atoms with E-state index in [2.05, 4.69) is 4.98 Å². The molecule has 3 N–H and O–H groups in total. The van der Waals surface area contributed by atoms with Gasteiger partial charge in [0.25, 0.3) is 0 Å². The number of carboxylic acids is 1. The lowest BCUT2D eigenvalue weighted by atomic mass is 10.1. The van der Waals surface area contributed by atoms with Crippen molar-refractivity contribution >= 4 is 28.7 Å². The number of phenols is 2. The molecule has 0 fully saturated rings. The lowest BCUT2D eigenvalue weighted by Crippen LogP contribution is -2.09. The SMILES string of the molecule is O=C(O)c1cc2ccccc2nc1C(=O)C=Cc1ccc(O)c(O)c1. The molecule has 3 rings (SSSR count). The minimum absolute atomic E-state index is 0.162. The maximum Gasteiger partial charge on any atom is 0.338 e. The van der Waals surface area contributed by atoms with Crippen molar-refractivity contribution in [3.8, 4) is 11.5 Å². The van der Waals surface area contributed by atoms with Gasteiger partial charge in [-0.05, 0) is 35.9 Å². The molecule has 0 bridgehead atoms. The number of ketones is 1. The van der Waals surface area contributed by atoms with E-state index in [0.29, 0.717) is 16.5 Å². The Morgan fingerprint density at radius 1 is 0.960 bits per heavy atom. The standard InChI is InChI=1S/C19H13NO5/c21-15-7-5-11(9-17(15)23)6-8-16(22)18-13(19(24)25)10-12-3-1-2-4-14(12)20-18/h1-10,21,23H,(H,24,25). The summed E-state index contributed by atoms with van der Waals surface area (Å²) in [5.41, 5.74) is 0.653. The molecule has 0 spiro atoms. The molecule has 0 amide bonds. The van der Waals surface area contributed by atoms with Gasteiger partial charge in [0.1, 0.15) is 5.69 Å². The highest BCUT2D eigenvalue weighted by Crippen LogP contribution is 2.25. The van der Waals surface area contributed by atoms with Gasteiger partial charge in [-0.25, -0.2) is 9.78 Å². The zero-order valence-electron chi connectivity index (χ0n) is 12.9. The third kappa shape index (κ3) is 3.32. The topological polar surface area (TPSA) is 108 Å². The monoisotopic (exact) mass is 335 g/mol. The number of allylic oxidation sites excluding steroid dienone is 1. The number of pyridine rings is 1. The highest BCUT2D eigenvalue weighted by Gasteiger charge is 2.17. The molecule has 0 saturated heterocycles. The molecule has 1 heterocycles. The molecule has 1 aromatic heterocycles. The summed E-state index contributed by atoms with van der Waals surface area (Å²) in [6.07, 6.45) is 2.58. The van der Waals surface area contributed by atoms with Crippen molar-refractivity contribution < 1.29 is 24.9 Å². The Bertz CT molecular complexity index is 1020. The number of nitrogens with zero attached hydrogens (tertiary/aromatic N) is 1. The lowest BCUT2D eigenvalue weighted by Gasteiger charge is -2.05. The molecule has 0 aliphatic carbocycles. The molecule has 0 unspecified atom stereocenters. The Morgan fingerprint density at radius 2 is 1.72 bits per heavy atom. The van der Waals surface area contributed by atoms with Crippen LogP contribution < -0.4 is 0 Å². The third-order valence-corrected chi connectivity index (χ3v) is 3.61. The van der Waals surface area contributed by atoms with Crippen LogP contribution in [0.25, 0.3) is 17.0 Å². The first-order valence-electron chi connectivity index (χ1n) is 7.33. The lowest BCUT2D eigenvalue weighted by molar-refractivity contribution is 0.0692. The van der Waals surface area contributed by atoms with Crippen LogP contribution in [-0.2, 0) is 0 Å². The number of para-hydroxylation sites is 1. The van der Waals surface area contributed by atoms with Crippen molar-refractivity contribution in [1.29, 1.82) is 0 Å². The predicted molar refractivity (Wildman–Crippen MR) is 91.8 cm³/mol. The van der Waals surface area contributed by atoms with Crippen LogP contribution in [0.15, 0.2) is 54.6 Å². The number of fused-ring (bicyclic) bond motifs is 1. The third-order valence-electron chi connectivity index (χ3n) is 3.61. The summed E-state index contributed by atoms with van der Waals surface area (Å²) in [6.45, 7) is 0. The summed E-state index contributed by atoms with van der Waals surface area (Å²) in [5.74, 6) is -2.40. The molecular formula is C19H13NO5. The van der Waals surface area contributed by atoms with Crippen molar-refractivity contribution in [2.24, 2.45) is 0 Å². The second-order valence-electron chi connectivity index (χ2n) is 5.33. The van der Waals surface area contributed by atoms with Gasteiger partial charge in [-0.3, -0.25) is 4.79 Å². The number of aromatic hydroxyl groups is 2. The van der Waals surface area contributed by atoms with Crippen molar-refractivity contribution in [1.82, 2.24) is 4.98 Å². The summed E-state index contributed by atoms with van der Waals surface area (Å²) in [7, 11) is 0. The van der Waals surface area contributed by atoms with E-state index in [9.17, 15) is 24.9 Å². The van der Waals surface area contributed by atoms with Crippen LogP contribution in [0.4, 0.5) is 0 Å². The van der Waals surface area contributed by atoms with Gasteiger partial charge in [-0.1, -0.05) is 30.3 Å². The Kier molecular flexibility index (Phi) is 4.18. The van der Waals surface area contributed by atoms with E-state index in [0.717, 1.165) is 0 Å². The summed E-state index contributed by atoms with van der Waals surface area (Å²) >= 11 is 0. The van der Waals surface area contributed by atoms with Crippen LogP contribution in [0.5, 0.6) is 11.5 Å². The van der Waals surface area contributed by atoms with Gasteiger partial charge in [0.2, 0.25) is 5.78 Å². The smallest absolute Gasteiger partial charge is 0.338 e. The van der Waals surface area contributed by atoms with Crippen molar-refractivity contribution in [3.05, 3.63) is 71.4 Å². The molecule has 0 aliphatic rings. The van der Waals surface area contributed by atoms with Gasteiger partial charge in [0.15, 0.2) is 11.5 Å². The fourth-order valence-corrected chi connectivity index (χ4v) is 2.36. The Hall–Kier alpha value is -3.67. The van der Waals surface area contributed by atoms with Crippen molar-refractivity contribution in [2.75, 3.05) is 0 Å². The van der Waals surface area contributed by atoms with Gasteiger partial charge < -0.3 is 15.3 Å². The zero-order chi connectivity index (χ0) is 18.0. The fraction of sp³-hybridized carbons (Fsp3) is 0. The van der Waals surface area contributed by atoms with Crippen LogP contribution in [0.2, 0.25) is 0 Å². The van der Waals surface area contributed by atoms with Gasteiger partial charge in [0.05, 0.1) is 11.1 Å². The minimum atomic E-state index is -1.24. The quantitative estimate of drug-likeness (QED) is 0.384. The highest BCUT2D eigenvalue weighted by atomic mass is 16.4. The molecule has 0 atom stereocenters. The average molecular weight is 335 g/mol. The van der Waals surface area contributed by atoms with E-state index < -0.39 is 11.8 Å². The fourth-order valence-electron chi connectivity index (χ4n) is 2.36. The average Bonchev–Trinajstić information content (AvgIpc) is 2.61. The Morgan fingerprint density at radius 3 is 2.44 bits per heavy atom. The van der Waals surface area contributed by atoms with Crippen molar-refractivity contribution in [3.63, 3.8) is 0 Å². The number of aromatic carboxylic acids is 1. The van der Waals surface area contributed by atoms with Crippen LogP contribution in [0.3, 0.4) is 0 Å². The largest absolute Gasteiger partial charge is 0.504 e. The molecule has 0 saturated carbocycles. The first-order valence-corrected chi connectivity index (χ1v) is 7.33. The number of carbonyl (C=O) groups excluding carboxylic acids is 1. The first-order chi connectivity index (χ1) is 12.0. The molecule has 25 heavy (non-hydrogen) atoms. The van der Waals surface area contributed by atoms with Gasteiger partial charge in [-0.2, -0.15) is 0 Å². The number of hydrogen-bond acceptors (Lipinski definition) is 5. The molecule has 6 nitrogen and oxygen atoms in total. The normalized spacial score (nSPS) is 11.0. The highest BCUT2D eigenvalue weighted by molar-refractivity contribution is 6.12. The van der Waals surface area contributed by atoms with E-state index in [1.165, 1.54) is 36.4 Å². The summed E-state index contributed by atoms with van der Waals surface area (Å²) in [4.78, 5) is 28.0. The summed E-state index contributed by atoms with van der Waals surface area (Å²) in [6, 6.07) is 12.4. The predicted octanol–water partition coefficient (Wildman–Crippen LogP) is 3.24. The summed E-state index contributed by atoms with van der Waals surface area (Å²) in [5, 5.41) is 28.7. The number of carboxylic acid groups (broad SMARTS) is 1. The van der Waals surface area contributed by atoms with E-state index in [-0.39, 0.29) is 22.8 Å². The number of carbonyl (C=O) groups is 2. The maximum absolute atomic E-state index is 12.4. The molecule has 6 heteroatoms. The first kappa shape index (κ1) is 16.2. The van der Waals surface area contributed by atoms with Crippen molar-refractivity contribution in [2.45, 2.75) is 0 Å². The molecule has 0 radical (unpaired) electrons. The molecule has 124 valence electrons. The Balaban J connectivity index is 2.00. The molecule has 3 aromatic rings. The zero-order valence-corrected chi connectivity index (χ0v) is 12.9. The van der Waals surface area contributed by atoms with E-state index in [4.69, 9.17) is 0 Å². The second kappa shape index (κ2) is 6.45. The molecule has 0 aliphatic heterocycles. The Labute approximate surface area is 142 Å². The number of phenolic OH excluding ortho intramolecular Hbond substituents is 2. The van der Waals surface area contributed by atoms with E-state index in [1.54, 1.807) is 24.3 Å². The van der Waals surface area contributed by atoms with Crippen LogP contribution in [0.1, 0.15) is 26.4 Å². The minimum Gasteiger partial charge on any atom is -0.504 e. The second-order valence-corrected chi connectivity index (χ2v) is 5.33. The van der Waals surface area contributed by atoms with Gasteiger partial charge in [-0.15, -0.1) is 0 Å². The maximum atomic E-state index is 12.4.